The number of ether oxygens (including phenoxy) is 1. The molecular weight excluding hydrogens is 434 g/mol. The van der Waals surface area contributed by atoms with Crippen LogP contribution in [-0.2, 0) is 9.59 Å². The van der Waals surface area contributed by atoms with E-state index in [4.69, 9.17) is 17.0 Å². The molecule has 162 valence electrons. The van der Waals surface area contributed by atoms with E-state index in [0.29, 0.717) is 35.0 Å². The van der Waals surface area contributed by atoms with Gasteiger partial charge >= 0.3 is 0 Å². The number of hydrogen-bond acceptors (Lipinski definition) is 6. The Kier molecular flexibility index (Phi) is 6.19. The molecule has 2 aromatic heterocycles. The molecule has 1 aliphatic rings. The Morgan fingerprint density at radius 1 is 1.32 bits per heavy atom. The molecule has 3 aromatic rings. The van der Waals surface area contributed by atoms with E-state index < -0.39 is 12.1 Å². The predicted molar refractivity (Wildman–Crippen MR) is 122 cm³/mol. The predicted octanol–water partition coefficient (Wildman–Crippen LogP) is 3.87. The van der Waals surface area contributed by atoms with E-state index in [0.717, 1.165) is 11.3 Å². The highest BCUT2D eigenvalue weighted by molar-refractivity contribution is 7.71. The summed E-state index contributed by atoms with van der Waals surface area (Å²) in [7, 11) is 1.59. The van der Waals surface area contributed by atoms with Crippen LogP contribution in [0.4, 0.5) is 5.69 Å². The molecule has 1 aromatic carbocycles. The lowest BCUT2D eigenvalue weighted by atomic mass is 10.1. The van der Waals surface area contributed by atoms with E-state index in [-0.39, 0.29) is 11.8 Å². The summed E-state index contributed by atoms with van der Waals surface area (Å²) >= 11 is 6.92. The minimum absolute atomic E-state index is 0.150. The molecule has 4 rings (SSSR count). The fraction of sp³-hybridized carbons (Fsp3) is 0.333. The second-order valence-corrected chi connectivity index (χ2v) is 8.62. The maximum absolute atomic E-state index is 13.4. The van der Waals surface area contributed by atoms with Crippen molar-refractivity contribution in [1.29, 1.82) is 0 Å². The van der Waals surface area contributed by atoms with Crippen molar-refractivity contribution in [1.82, 2.24) is 19.7 Å². The number of thiophene rings is 1. The lowest BCUT2D eigenvalue weighted by molar-refractivity contribution is -0.139. The lowest BCUT2D eigenvalue weighted by Crippen LogP contribution is -2.45. The minimum atomic E-state index is -0.585. The molecule has 2 amide bonds. The van der Waals surface area contributed by atoms with Crippen LogP contribution in [0.1, 0.15) is 25.8 Å². The number of carbonyl (C=O) groups is 2. The number of aromatic nitrogens is 3. The monoisotopic (exact) mass is 457 g/mol. The van der Waals surface area contributed by atoms with Crippen LogP contribution in [-0.4, -0.2) is 51.2 Å². The Hall–Kier alpha value is -2.98. The number of H-pyrrole nitrogens is 1. The zero-order chi connectivity index (χ0) is 22.0. The maximum atomic E-state index is 13.4. The molecule has 0 saturated carbocycles. The van der Waals surface area contributed by atoms with Gasteiger partial charge in [0.25, 0.3) is 0 Å². The van der Waals surface area contributed by atoms with E-state index in [1.807, 2.05) is 17.5 Å². The van der Waals surface area contributed by atoms with E-state index in [9.17, 15) is 9.59 Å². The Labute approximate surface area is 188 Å². The van der Waals surface area contributed by atoms with Crippen LogP contribution in [0, 0.1) is 4.77 Å². The molecule has 31 heavy (non-hydrogen) atoms. The first-order valence-corrected chi connectivity index (χ1v) is 11.2. The fourth-order valence-electron chi connectivity index (χ4n) is 3.80. The quantitative estimate of drug-likeness (QED) is 0.548. The lowest BCUT2D eigenvalue weighted by Gasteiger charge is -2.27. The van der Waals surface area contributed by atoms with Crippen LogP contribution in [0.25, 0.3) is 10.7 Å². The third-order valence-electron chi connectivity index (χ3n) is 5.39. The number of anilines is 1. The van der Waals surface area contributed by atoms with Crippen molar-refractivity contribution in [3.63, 3.8) is 0 Å². The number of aromatic amines is 1. The summed E-state index contributed by atoms with van der Waals surface area (Å²) in [6.07, 6.45) is 1.39. The Morgan fingerprint density at radius 3 is 2.77 bits per heavy atom. The third-order valence-corrected chi connectivity index (χ3v) is 6.54. The van der Waals surface area contributed by atoms with Crippen LogP contribution in [0.2, 0.25) is 0 Å². The van der Waals surface area contributed by atoms with Crippen molar-refractivity contribution in [3.05, 3.63) is 46.5 Å². The Balaban J connectivity index is 1.52. The molecular formula is C21H23N5O3S2. The summed E-state index contributed by atoms with van der Waals surface area (Å²) in [4.78, 5) is 28.9. The summed E-state index contributed by atoms with van der Waals surface area (Å²) in [5.41, 5.74) is 0.662. The van der Waals surface area contributed by atoms with Crippen molar-refractivity contribution in [2.24, 2.45) is 0 Å². The third kappa shape index (κ3) is 4.26. The molecule has 0 aliphatic carbocycles. The SMILES string of the molecule is COc1ccc(NC(=O)C2CCCN2C(=O)C(C)n2c(-c3cccs3)n[nH]c2=S)cc1. The molecule has 3 heterocycles. The number of nitrogens with zero attached hydrogens (tertiary/aromatic N) is 3. The van der Waals surface area contributed by atoms with Gasteiger partial charge in [-0.05, 0) is 67.7 Å². The van der Waals surface area contributed by atoms with E-state index in [1.165, 1.54) is 11.3 Å². The zero-order valence-corrected chi connectivity index (χ0v) is 18.8. The Bertz CT molecular complexity index is 1120. The largest absolute Gasteiger partial charge is 0.497 e. The van der Waals surface area contributed by atoms with Gasteiger partial charge in [-0.15, -0.1) is 11.3 Å². The van der Waals surface area contributed by atoms with Gasteiger partial charge in [0.2, 0.25) is 11.8 Å². The van der Waals surface area contributed by atoms with Crippen LogP contribution >= 0.6 is 23.6 Å². The fourth-order valence-corrected chi connectivity index (χ4v) is 4.80. The second-order valence-electron chi connectivity index (χ2n) is 7.28. The van der Waals surface area contributed by atoms with Crippen molar-refractivity contribution in [2.45, 2.75) is 31.8 Å². The molecule has 0 radical (unpaired) electrons. The van der Waals surface area contributed by atoms with Gasteiger partial charge in [-0.25, -0.2) is 0 Å². The van der Waals surface area contributed by atoms with Crippen molar-refractivity contribution >= 4 is 41.1 Å². The number of likely N-dealkylation sites (tertiary alicyclic amines) is 1. The molecule has 1 fully saturated rings. The van der Waals surface area contributed by atoms with Gasteiger partial charge in [0.1, 0.15) is 17.8 Å². The van der Waals surface area contributed by atoms with E-state index >= 15 is 0 Å². The summed E-state index contributed by atoms with van der Waals surface area (Å²) < 4.78 is 7.25. The van der Waals surface area contributed by atoms with Crippen LogP contribution in [0.3, 0.4) is 0 Å². The molecule has 0 bridgehead atoms. The topological polar surface area (TPSA) is 92.2 Å². The number of carbonyl (C=O) groups excluding carboxylic acids is 2. The molecule has 2 N–H and O–H groups in total. The van der Waals surface area contributed by atoms with E-state index in [1.54, 1.807) is 47.8 Å². The molecule has 1 saturated heterocycles. The standard InChI is InChI=1S/C21H23N5O3S2/c1-13(26-18(23-24-21(26)30)17-6-4-12-31-17)20(28)25-11-3-5-16(25)19(27)22-14-7-9-15(29-2)10-8-14/h4,6-10,12-13,16H,3,5,11H2,1-2H3,(H,22,27)(H,24,30). The molecule has 2 atom stereocenters. The number of hydrogen-bond donors (Lipinski definition) is 2. The summed E-state index contributed by atoms with van der Waals surface area (Å²) in [6.45, 7) is 2.32. The van der Waals surface area contributed by atoms with Gasteiger partial charge in [-0.1, -0.05) is 6.07 Å². The highest BCUT2D eigenvalue weighted by Gasteiger charge is 2.37. The molecule has 0 spiro atoms. The smallest absolute Gasteiger partial charge is 0.247 e. The van der Waals surface area contributed by atoms with Crippen molar-refractivity contribution < 1.29 is 14.3 Å². The van der Waals surface area contributed by atoms with Crippen molar-refractivity contribution in [2.75, 3.05) is 19.0 Å². The number of benzene rings is 1. The average Bonchev–Trinajstić information content (AvgIpc) is 3.53. The number of amides is 2. The van der Waals surface area contributed by atoms with Crippen LogP contribution in [0.5, 0.6) is 5.75 Å². The molecule has 2 unspecified atom stereocenters. The number of nitrogens with one attached hydrogen (secondary N) is 2. The first kappa shape index (κ1) is 21.3. The minimum Gasteiger partial charge on any atom is -0.497 e. The van der Waals surface area contributed by atoms with Gasteiger partial charge in [0, 0.05) is 12.2 Å². The van der Waals surface area contributed by atoms with Gasteiger partial charge in [0.05, 0.1) is 12.0 Å². The first-order valence-electron chi connectivity index (χ1n) is 9.95. The molecule has 1 aliphatic heterocycles. The second kappa shape index (κ2) is 9.03. The maximum Gasteiger partial charge on any atom is 0.247 e. The van der Waals surface area contributed by atoms with Crippen LogP contribution < -0.4 is 10.1 Å². The van der Waals surface area contributed by atoms with Gasteiger partial charge in [0.15, 0.2) is 10.6 Å². The normalized spacial score (nSPS) is 16.8. The highest BCUT2D eigenvalue weighted by atomic mass is 32.1. The van der Waals surface area contributed by atoms with Gasteiger partial charge < -0.3 is 15.0 Å². The number of methoxy groups -OCH3 is 1. The van der Waals surface area contributed by atoms with Gasteiger partial charge in [-0.3, -0.25) is 19.3 Å². The highest BCUT2D eigenvalue weighted by Crippen LogP contribution is 2.28. The molecule has 8 nitrogen and oxygen atoms in total. The van der Waals surface area contributed by atoms with Crippen LogP contribution in [0.15, 0.2) is 41.8 Å². The Morgan fingerprint density at radius 2 is 2.10 bits per heavy atom. The zero-order valence-electron chi connectivity index (χ0n) is 17.2. The van der Waals surface area contributed by atoms with Gasteiger partial charge in [-0.2, -0.15) is 5.10 Å². The molecule has 10 heteroatoms. The van der Waals surface area contributed by atoms with E-state index in [2.05, 4.69) is 15.5 Å². The summed E-state index contributed by atoms with van der Waals surface area (Å²) in [6, 6.07) is 9.86. The number of rotatable bonds is 6. The average molecular weight is 458 g/mol. The van der Waals surface area contributed by atoms with Crippen molar-refractivity contribution in [3.8, 4) is 16.5 Å². The summed E-state index contributed by atoms with van der Waals surface area (Å²) in [5, 5.41) is 12.0. The summed E-state index contributed by atoms with van der Waals surface area (Å²) in [5.74, 6) is 0.988. The first-order chi connectivity index (χ1) is 15.0.